The molecule has 5 heteroatoms. The van der Waals surface area contributed by atoms with Crippen molar-refractivity contribution in [3.05, 3.63) is 39.4 Å². The van der Waals surface area contributed by atoms with Crippen molar-refractivity contribution < 1.29 is 14.5 Å². The van der Waals surface area contributed by atoms with Gasteiger partial charge in [0.15, 0.2) is 11.6 Å². The number of carbonyl (C=O) groups excluding carboxylic acids is 2. The van der Waals surface area contributed by atoms with E-state index in [1.807, 2.05) is 0 Å². The molecule has 0 radical (unpaired) electrons. The molecule has 0 saturated heterocycles. The van der Waals surface area contributed by atoms with Gasteiger partial charge in [0.05, 0.1) is 4.92 Å². The van der Waals surface area contributed by atoms with Gasteiger partial charge in [0.2, 0.25) is 0 Å². The number of rotatable bonds is 1. The molecule has 0 aliphatic heterocycles. The summed E-state index contributed by atoms with van der Waals surface area (Å²) in [5, 5.41) is 10.7. The number of hydrogen-bond acceptors (Lipinski definition) is 4. The van der Waals surface area contributed by atoms with E-state index in [9.17, 15) is 19.7 Å². The maximum Gasteiger partial charge on any atom is 0.280 e. The lowest BCUT2D eigenvalue weighted by Gasteiger charge is -2.12. The highest BCUT2D eigenvalue weighted by Crippen LogP contribution is 2.28. The Kier molecular flexibility index (Phi) is 2.07. The van der Waals surface area contributed by atoms with Crippen LogP contribution in [0.25, 0.3) is 0 Å². The van der Waals surface area contributed by atoms with Crippen LogP contribution in [0.15, 0.2) is 18.2 Å². The number of nitrogens with zero attached hydrogens (tertiary/aromatic N) is 1. The van der Waals surface area contributed by atoms with Crippen molar-refractivity contribution in [2.75, 3.05) is 0 Å². The lowest BCUT2D eigenvalue weighted by molar-refractivity contribution is -0.385. The number of ketones is 2. The summed E-state index contributed by atoms with van der Waals surface area (Å²) in [6.45, 7) is 0. The van der Waals surface area contributed by atoms with Gasteiger partial charge in [-0.3, -0.25) is 19.7 Å². The summed E-state index contributed by atoms with van der Waals surface area (Å²) in [7, 11) is 0. The Morgan fingerprint density at radius 3 is 2.47 bits per heavy atom. The summed E-state index contributed by atoms with van der Waals surface area (Å²) in [6.07, 6.45) is 0.212. The second-order valence-electron chi connectivity index (χ2n) is 3.30. The van der Waals surface area contributed by atoms with Gasteiger partial charge in [0.1, 0.15) is 5.56 Å². The van der Waals surface area contributed by atoms with E-state index in [2.05, 4.69) is 0 Å². The average molecular weight is 205 g/mol. The molecule has 2 rings (SSSR count). The zero-order valence-corrected chi connectivity index (χ0v) is 7.73. The van der Waals surface area contributed by atoms with Gasteiger partial charge in [0, 0.05) is 24.5 Å². The molecule has 0 aromatic heterocycles. The van der Waals surface area contributed by atoms with Crippen LogP contribution in [-0.4, -0.2) is 16.5 Å². The van der Waals surface area contributed by atoms with Crippen LogP contribution in [0.2, 0.25) is 0 Å². The van der Waals surface area contributed by atoms with Gasteiger partial charge in [-0.05, 0) is 0 Å². The van der Waals surface area contributed by atoms with Crippen LogP contribution >= 0.6 is 0 Å². The van der Waals surface area contributed by atoms with E-state index in [1.165, 1.54) is 18.2 Å². The quantitative estimate of drug-likeness (QED) is 0.516. The van der Waals surface area contributed by atoms with E-state index in [-0.39, 0.29) is 41.2 Å². The summed E-state index contributed by atoms with van der Waals surface area (Å²) in [5.41, 5.74) is -0.121. The minimum atomic E-state index is -0.630. The molecule has 0 amide bonds. The first kappa shape index (κ1) is 9.51. The van der Waals surface area contributed by atoms with Crippen LogP contribution < -0.4 is 0 Å². The van der Waals surface area contributed by atoms with Gasteiger partial charge < -0.3 is 0 Å². The third-order valence-electron chi connectivity index (χ3n) is 2.40. The van der Waals surface area contributed by atoms with Crippen molar-refractivity contribution in [3.63, 3.8) is 0 Å². The van der Waals surface area contributed by atoms with Gasteiger partial charge in [-0.2, -0.15) is 0 Å². The second kappa shape index (κ2) is 3.27. The highest BCUT2D eigenvalue weighted by atomic mass is 16.6. The summed E-state index contributed by atoms with van der Waals surface area (Å²) >= 11 is 0. The molecule has 0 atom stereocenters. The number of benzene rings is 1. The fourth-order valence-electron chi connectivity index (χ4n) is 1.70. The summed E-state index contributed by atoms with van der Waals surface area (Å²) < 4.78 is 0. The highest BCUT2D eigenvalue weighted by Gasteiger charge is 2.30. The summed E-state index contributed by atoms with van der Waals surface area (Å²) in [4.78, 5) is 33.0. The van der Waals surface area contributed by atoms with E-state index in [0.29, 0.717) is 0 Å². The lowest BCUT2D eigenvalue weighted by Crippen LogP contribution is -2.18. The first-order valence-electron chi connectivity index (χ1n) is 4.45. The number of fused-ring (bicyclic) bond motifs is 1. The van der Waals surface area contributed by atoms with Crippen molar-refractivity contribution in [1.82, 2.24) is 0 Å². The van der Waals surface area contributed by atoms with Gasteiger partial charge in [-0.1, -0.05) is 12.1 Å². The number of Topliss-reactive ketones (excluding diaryl/α,β-unsaturated/α-hetero) is 2. The molecule has 1 aliphatic rings. The minimum Gasteiger partial charge on any atom is -0.294 e. The zero-order valence-electron chi connectivity index (χ0n) is 7.73. The molecule has 0 heterocycles. The molecule has 0 fully saturated rings. The molecule has 0 unspecified atom stereocenters. The van der Waals surface area contributed by atoms with Gasteiger partial charge in [0.25, 0.3) is 5.69 Å². The van der Waals surface area contributed by atoms with Crippen LogP contribution in [0.4, 0.5) is 5.69 Å². The standard InChI is InChI=1S/C10H7NO4/c12-8-4-5-9(13)10-6(8)2-1-3-7(10)11(14)15/h1-3H,4-5H2. The van der Waals surface area contributed by atoms with Crippen molar-refractivity contribution in [3.8, 4) is 0 Å². The Balaban J connectivity index is 2.72. The highest BCUT2D eigenvalue weighted by molar-refractivity contribution is 6.15. The van der Waals surface area contributed by atoms with Crippen molar-refractivity contribution in [2.24, 2.45) is 0 Å². The van der Waals surface area contributed by atoms with Crippen LogP contribution in [0, 0.1) is 10.1 Å². The number of carbonyl (C=O) groups is 2. The Bertz CT molecular complexity index is 464. The van der Waals surface area contributed by atoms with Crippen LogP contribution in [0.1, 0.15) is 33.6 Å². The van der Waals surface area contributed by atoms with Crippen molar-refractivity contribution >= 4 is 17.3 Å². The molecule has 0 spiro atoms. The molecule has 0 N–H and O–H groups in total. The number of hydrogen-bond donors (Lipinski definition) is 0. The Labute approximate surface area is 84.9 Å². The molecule has 1 aliphatic carbocycles. The van der Waals surface area contributed by atoms with Gasteiger partial charge in [-0.15, -0.1) is 0 Å². The first-order valence-corrected chi connectivity index (χ1v) is 4.45. The molecular weight excluding hydrogens is 198 g/mol. The van der Waals surface area contributed by atoms with Gasteiger partial charge in [-0.25, -0.2) is 0 Å². The Morgan fingerprint density at radius 2 is 1.80 bits per heavy atom. The van der Waals surface area contributed by atoms with E-state index in [0.717, 1.165) is 0 Å². The molecule has 15 heavy (non-hydrogen) atoms. The van der Waals surface area contributed by atoms with E-state index in [4.69, 9.17) is 0 Å². The monoisotopic (exact) mass is 205 g/mol. The number of nitro benzene ring substituents is 1. The van der Waals surface area contributed by atoms with E-state index < -0.39 is 4.92 Å². The molecule has 5 nitrogen and oxygen atoms in total. The molecule has 0 bridgehead atoms. The third-order valence-corrected chi connectivity index (χ3v) is 2.40. The van der Waals surface area contributed by atoms with Crippen LogP contribution in [0.5, 0.6) is 0 Å². The molecule has 1 aromatic rings. The van der Waals surface area contributed by atoms with E-state index >= 15 is 0 Å². The predicted molar refractivity (Wildman–Crippen MR) is 51.0 cm³/mol. The van der Waals surface area contributed by atoms with Crippen molar-refractivity contribution in [2.45, 2.75) is 12.8 Å². The topological polar surface area (TPSA) is 77.3 Å². The van der Waals surface area contributed by atoms with E-state index in [1.54, 1.807) is 0 Å². The largest absolute Gasteiger partial charge is 0.294 e. The first-order chi connectivity index (χ1) is 7.11. The normalized spacial score (nSPS) is 14.9. The Morgan fingerprint density at radius 1 is 1.13 bits per heavy atom. The third kappa shape index (κ3) is 1.41. The molecule has 76 valence electrons. The SMILES string of the molecule is O=C1CCC(=O)c2c1cccc2[N+](=O)[O-]. The molecule has 1 aromatic carbocycles. The maximum absolute atomic E-state index is 11.5. The van der Waals surface area contributed by atoms with Gasteiger partial charge >= 0.3 is 0 Å². The minimum absolute atomic E-state index is 0.0289. The lowest BCUT2D eigenvalue weighted by atomic mass is 9.88. The smallest absolute Gasteiger partial charge is 0.280 e. The van der Waals surface area contributed by atoms with Crippen LogP contribution in [-0.2, 0) is 0 Å². The zero-order chi connectivity index (χ0) is 11.0. The fourth-order valence-corrected chi connectivity index (χ4v) is 1.70. The van der Waals surface area contributed by atoms with Crippen LogP contribution in [0.3, 0.4) is 0 Å². The molecule has 0 saturated carbocycles. The predicted octanol–water partition coefficient (Wildman–Crippen LogP) is 1.75. The molecular formula is C10H7NO4. The average Bonchev–Trinajstić information content (AvgIpc) is 2.23. The summed E-state index contributed by atoms with van der Waals surface area (Å²) in [6, 6.07) is 4.13. The second-order valence-corrected chi connectivity index (χ2v) is 3.30. The Hall–Kier alpha value is -2.04. The van der Waals surface area contributed by atoms with Crippen molar-refractivity contribution in [1.29, 1.82) is 0 Å². The fraction of sp³-hybridized carbons (Fsp3) is 0.200. The number of nitro groups is 1. The summed E-state index contributed by atoms with van der Waals surface area (Å²) in [5.74, 6) is -0.523. The maximum atomic E-state index is 11.5.